The van der Waals surface area contributed by atoms with Crippen molar-refractivity contribution in [3.63, 3.8) is 0 Å². The highest BCUT2D eigenvalue weighted by Gasteiger charge is 2.15. The molecule has 0 amide bonds. The molecule has 0 N–H and O–H groups in total. The van der Waals surface area contributed by atoms with Crippen LogP contribution in [0.15, 0.2) is 28.1 Å². The summed E-state index contributed by atoms with van der Waals surface area (Å²) in [6, 6.07) is 3.61. The van der Waals surface area contributed by atoms with Crippen LogP contribution in [-0.4, -0.2) is 11.0 Å². The highest BCUT2D eigenvalue weighted by atomic mass is 32.1. The maximum atomic E-state index is 11.6. The topological polar surface area (TPSA) is 52.3 Å². The van der Waals surface area contributed by atoms with Gasteiger partial charge in [-0.3, -0.25) is 4.79 Å². The van der Waals surface area contributed by atoms with Crippen LogP contribution >= 0.6 is 11.3 Å². The predicted molar refractivity (Wildman–Crippen MR) is 63.8 cm³/mol. The van der Waals surface area contributed by atoms with Gasteiger partial charge < -0.3 is 9.15 Å². The Morgan fingerprint density at radius 3 is 3.00 bits per heavy atom. The Hall–Kier alpha value is -1.62. The van der Waals surface area contributed by atoms with Gasteiger partial charge in [-0.25, -0.2) is 4.98 Å². The molecule has 2 aromatic heterocycles. The van der Waals surface area contributed by atoms with Gasteiger partial charge in [0.1, 0.15) is 22.9 Å². The maximum absolute atomic E-state index is 11.6. The SMILES string of the molecule is Cc1ccc(CC(=O)O[C@H](C)c2nccs2)o1. The molecule has 0 fully saturated rings. The monoisotopic (exact) mass is 251 g/mol. The van der Waals surface area contributed by atoms with Gasteiger partial charge >= 0.3 is 5.97 Å². The molecule has 0 unspecified atom stereocenters. The third kappa shape index (κ3) is 3.17. The van der Waals surface area contributed by atoms with Crippen LogP contribution in [-0.2, 0) is 16.0 Å². The first-order valence-corrected chi connectivity index (χ1v) is 6.17. The van der Waals surface area contributed by atoms with E-state index in [1.54, 1.807) is 12.3 Å². The molecule has 2 rings (SSSR count). The summed E-state index contributed by atoms with van der Waals surface area (Å²) >= 11 is 1.47. The van der Waals surface area contributed by atoms with E-state index in [-0.39, 0.29) is 18.5 Å². The number of aryl methyl sites for hydroxylation is 1. The smallest absolute Gasteiger partial charge is 0.314 e. The third-order valence-electron chi connectivity index (χ3n) is 2.22. The summed E-state index contributed by atoms with van der Waals surface area (Å²) < 4.78 is 10.6. The number of carbonyl (C=O) groups is 1. The lowest BCUT2D eigenvalue weighted by molar-refractivity contribution is -0.148. The van der Waals surface area contributed by atoms with Crippen LogP contribution in [0.25, 0.3) is 0 Å². The van der Waals surface area contributed by atoms with Crippen LogP contribution in [0, 0.1) is 6.92 Å². The zero-order valence-electron chi connectivity index (χ0n) is 9.67. The molecular weight excluding hydrogens is 238 g/mol. The summed E-state index contributed by atoms with van der Waals surface area (Å²) in [5, 5.41) is 2.66. The Kier molecular flexibility index (Phi) is 3.58. The number of furan rings is 1. The number of carbonyl (C=O) groups excluding carboxylic acids is 1. The van der Waals surface area contributed by atoms with E-state index in [1.807, 2.05) is 25.3 Å². The molecule has 0 aliphatic heterocycles. The quantitative estimate of drug-likeness (QED) is 0.784. The highest BCUT2D eigenvalue weighted by Crippen LogP contribution is 2.19. The lowest BCUT2D eigenvalue weighted by atomic mass is 10.3. The minimum Gasteiger partial charge on any atom is -0.466 e. The molecule has 2 heterocycles. The van der Waals surface area contributed by atoms with Crippen molar-refractivity contribution in [2.24, 2.45) is 0 Å². The first kappa shape index (κ1) is 11.9. The van der Waals surface area contributed by atoms with E-state index in [2.05, 4.69) is 4.98 Å². The molecule has 0 aliphatic carbocycles. The van der Waals surface area contributed by atoms with Crippen molar-refractivity contribution in [1.29, 1.82) is 0 Å². The summed E-state index contributed by atoms with van der Waals surface area (Å²) in [5.74, 6) is 1.11. The zero-order valence-corrected chi connectivity index (χ0v) is 10.5. The first-order chi connectivity index (χ1) is 8.15. The summed E-state index contributed by atoms with van der Waals surface area (Å²) in [5.41, 5.74) is 0. The number of hydrogen-bond donors (Lipinski definition) is 0. The van der Waals surface area contributed by atoms with Crippen molar-refractivity contribution in [2.75, 3.05) is 0 Å². The molecule has 0 bridgehead atoms. The first-order valence-electron chi connectivity index (χ1n) is 5.29. The molecule has 0 saturated heterocycles. The predicted octanol–water partition coefficient (Wildman–Crippen LogP) is 2.89. The standard InChI is InChI=1S/C12H13NO3S/c1-8-3-4-10(15-8)7-11(14)16-9(2)12-13-5-6-17-12/h3-6,9H,7H2,1-2H3/t9-/m1/s1. The summed E-state index contributed by atoms with van der Waals surface area (Å²) in [4.78, 5) is 15.7. The number of esters is 1. The number of ether oxygens (including phenoxy) is 1. The zero-order chi connectivity index (χ0) is 12.3. The molecule has 5 heteroatoms. The summed E-state index contributed by atoms with van der Waals surface area (Å²) in [6.45, 7) is 3.65. The molecule has 0 aliphatic rings. The Bertz CT molecular complexity index is 490. The number of rotatable bonds is 4. The van der Waals surface area contributed by atoms with Gasteiger partial charge in [-0.1, -0.05) is 0 Å². The van der Waals surface area contributed by atoms with Crippen molar-refractivity contribution in [1.82, 2.24) is 4.98 Å². The number of hydrogen-bond acceptors (Lipinski definition) is 5. The van der Waals surface area contributed by atoms with E-state index in [4.69, 9.17) is 9.15 Å². The molecule has 17 heavy (non-hydrogen) atoms. The fraction of sp³-hybridized carbons (Fsp3) is 0.333. The Morgan fingerprint density at radius 2 is 2.41 bits per heavy atom. The maximum Gasteiger partial charge on any atom is 0.314 e. The molecular formula is C12H13NO3S. The van der Waals surface area contributed by atoms with Crippen LogP contribution in [0.5, 0.6) is 0 Å². The second-order valence-corrected chi connectivity index (χ2v) is 4.62. The second-order valence-electron chi connectivity index (χ2n) is 3.69. The summed E-state index contributed by atoms with van der Waals surface area (Å²) in [6.07, 6.45) is 1.54. The minimum atomic E-state index is -0.307. The Morgan fingerprint density at radius 1 is 1.59 bits per heavy atom. The molecule has 4 nitrogen and oxygen atoms in total. The van der Waals surface area contributed by atoms with Crippen molar-refractivity contribution >= 4 is 17.3 Å². The molecule has 90 valence electrons. The van der Waals surface area contributed by atoms with Crippen molar-refractivity contribution in [2.45, 2.75) is 26.4 Å². The third-order valence-corrected chi connectivity index (χ3v) is 3.16. The van der Waals surface area contributed by atoms with Crippen molar-refractivity contribution in [3.05, 3.63) is 40.2 Å². The number of thiazole rings is 1. The van der Waals surface area contributed by atoms with Crippen LogP contribution < -0.4 is 0 Å². The van der Waals surface area contributed by atoms with E-state index in [0.717, 1.165) is 10.8 Å². The fourth-order valence-corrected chi connectivity index (χ4v) is 2.07. The normalized spacial score (nSPS) is 12.4. The summed E-state index contributed by atoms with van der Waals surface area (Å²) in [7, 11) is 0. The van der Waals surface area contributed by atoms with Gasteiger partial charge in [-0.2, -0.15) is 0 Å². The van der Waals surface area contributed by atoms with Crippen molar-refractivity contribution in [3.8, 4) is 0 Å². The van der Waals surface area contributed by atoms with E-state index in [9.17, 15) is 4.79 Å². The molecule has 0 spiro atoms. The van der Waals surface area contributed by atoms with Crippen LogP contribution in [0.1, 0.15) is 29.6 Å². The number of nitrogens with zero attached hydrogens (tertiary/aromatic N) is 1. The molecule has 0 saturated carbocycles. The van der Waals surface area contributed by atoms with Gasteiger partial charge in [0, 0.05) is 11.6 Å². The Balaban J connectivity index is 1.89. The fourth-order valence-electron chi connectivity index (χ4n) is 1.45. The van der Waals surface area contributed by atoms with Crippen molar-refractivity contribution < 1.29 is 13.9 Å². The van der Waals surface area contributed by atoms with Gasteiger partial charge in [0.2, 0.25) is 0 Å². The lowest BCUT2D eigenvalue weighted by Crippen LogP contribution is -2.10. The molecule has 1 atom stereocenters. The molecule has 2 aromatic rings. The largest absolute Gasteiger partial charge is 0.466 e. The van der Waals surface area contributed by atoms with Gasteiger partial charge in [-0.05, 0) is 26.0 Å². The van der Waals surface area contributed by atoms with Crippen LogP contribution in [0.3, 0.4) is 0 Å². The lowest BCUT2D eigenvalue weighted by Gasteiger charge is -2.09. The van der Waals surface area contributed by atoms with Crippen LogP contribution in [0.2, 0.25) is 0 Å². The number of aromatic nitrogens is 1. The van der Waals surface area contributed by atoms with E-state index < -0.39 is 0 Å². The van der Waals surface area contributed by atoms with Crippen LogP contribution in [0.4, 0.5) is 0 Å². The molecule has 0 aromatic carbocycles. The van der Waals surface area contributed by atoms with Gasteiger partial charge in [0.05, 0.1) is 0 Å². The second kappa shape index (κ2) is 5.14. The van der Waals surface area contributed by atoms with Gasteiger partial charge in [-0.15, -0.1) is 11.3 Å². The van der Waals surface area contributed by atoms with E-state index in [1.165, 1.54) is 11.3 Å². The average molecular weight is 251 g/mol. The minimum absolute atomic E-state index is 0.156. The Labute approximate surface area is 103 Å². The average Bonchev–Trinajstić information content (AvgIpc) is 2.89. The van der Waals surface area contributed by atoms with Gasteiger partial charge in [0.25, 0.3) is 0 Å². The van der Waals surface area contributed by atoms with E-state index >= 15 is 0 Å². The highest BCUT2D eigenvalue weighted by molar-refractivity contribution is 7.09. The van der Waals surface area contributed by atoms with E-state index in [0.29, 0.717) is 5.76 Å². The molecule has 0 radical (unpaired) electrons. The van der Waals surface area contributed by atoms with Gasteiger partial charge in [0.15, 0.2) is 6.10 Å².